The van der Waals surface area contributed by atoms with Crippen molar-refractivity contribution in [3.05, 3.63) is 90.1 Å². The van der Waals surface area contributed by atoms with E-state index >= 15 is 0 Å². The Morgan fingerprint density at radius 3 is 2.22 bits per heavy atom. The van der Waals surface area contributed by atoms with Gasteiger partial charge in [0.1, 0.15) is 0 Å². The second kappa shape index (κ2) is 6.93. The predicted molar refractivity (Wildman–Crippen MR) is 95.0 cm³/mol. The summed E-state index contributed by atoms with van der Waals surface area (Å²) in [6.07, 6.45) is 2.23. The molecule has 0 unspecified atom stereocenters. The number of ketones is 1. The van der Waals surface area contributed by atoms with Crippen LogP contribution in [0, 0.1) is 0 Å². The third-order valence-electron chi connectivity index (χ3n) is 3.80. The Hall–Kier alpha value is -2.87. The number of hydrogen-bond donors (Lipinski definition) is 1. The van der Waals surface area contributed by atoms with Gasteiger partial charge >= 0.3 is 0 Å². The zero-order chi connectivity index (χ0) is 16.1. The van der Waals surface area contributed by atoms with Crippen LogP contribution in [0.4, 0.5) is 0 Å². The Kier molecular flexibility index (Phi) is 4.53. The first-order chi connectivity index (χ1) is 11.3. The fraction of sp³-hybridized carbons (Fsp3) is 0.0952. The standard InChI is InChI=1S/C21H19NO/c1-2-18(23)15-19(16-9-5-3-6-10-16)21-14-13-20(22-21)17-11-7-4-8-12-17/h3-15,22H,2H2,1H3/b19-15-. The minimum Gasteiger partial charge on any atom is -0.355 e. The Labute approximate surface area is 136 Å². The first-order valence-electron chi connectivity index (χ1n) is 7.82. The summed E-state index contributed by atoms with van der Waals surface area (Å²) in [6, 6.07) is 24.3. The van der Waals surface area contributed by atoms with E-state index < -0.39 is 0 Å². The molecule has 0 aliphatic heterocycles. The molecule has 1 N–H and O–H groups in total. The molecule has 0 saturated carbocycles. The molecular formula is C21H19NO. The van der Waals surface area contributed by atoms with Crippen molar-refractivity contribution in [2.45, 2.75) is 13.3 Å². The summed E-state index contributed by atoms with van der Waals surface area (Å²) in [4.78, 5) is 15.4. The third kappa shape index (κ3) is 3.49. The molecule has 0 atom stereocenters. The van der Waals surface area contributed by atoms with Crippen LogP contribution >= 0.6 is 0 Å². The molecule has 3 rings (SSSR count). The molecular weight excluding hydrogens is 282 g/mol. The summed E-state index contributed by atoms with van der Waals surface area (Å²) in [5, 5.41) is 0. The van der Waals surface area contributed by atoms with Crippen LogP contribution < -0.4 is 0 Å². The SMILES string of the molecule is CCC(=O)/C=C(/c1ccccc1)c1ccc(-c2ccccc2)[nH]1. The average Bonchev–Trinajstić information content (AvgIpc) is 3.10. The average molecular weight is 301 g/mol. The Balaban J connectivity index is 2.03. The van der Waals surface area contributed by atoms with Gasteiger partial charge < -0.3 is 4.98 Å². The molecule has 3 aromatic rings. The molecule has 23 heavy (non-hydrogen) atoms. The fourth-order valence-electron chi connectivity index (χ4n) is 2.54. The molecule has 2 aromatic carbocycles. The highest BCUT2D eigenvalue weighted by Crippen LogP contribution is 2.26. The van der Waals surface area contributed by atoms with Crippen LogP contribution in [-0.2, 0) is 4.79 Å². The quantitative estimate of drug-likeness (QED) is 0.654. The topological polar surface area (TPSA) is 32.9 Å². The largest absolute Gasteiger partial charge is 0.355 e. The van der Waals surface area contributed by atoms with Gasteiger partial charge in [-0.05, 0) is 29.3 Å². The lowest BCUT2D eigenvalue weighted by molar-refractivity contribution is -0.114. The Morgan fingerprint density at radius 2 is 1.57 bits per heavy atom. The second-order valence-corrected chi connectivity index (χ2v) is 5.40. The van der Waals surface area contributed by atoms with E-state index in [-0.39, 0.29) is 5.78 Å². The number of carbonyl (C=O) groups excluding carboxylic acids is 1. The van der Waals surface area contributed by atoms with Crippen molar-refractivity contribution in [2.24, 2.45) is 0 Å². The van der Waals surface area contributed by atoms with Crippen molar-refractivity contribution in [2.75, 3.05) is 0 Å². The fourth-order valence-corrected chi connectivity index (χ4v) is 2.54. The number of H-pyrrole nitrogens is 1. The molecule has 2 heteroatoms. The van der Waals surface area contributed by atoms with Gasteiger partial charge in [-0.3, -0.25) is 4.79 Å². The molecule has 1 aromatic heterocycles. The zero-order valence-electron chi connectivity index (χ0n) is 13.1. The second-order valence-electron chi connectivity index (χ2n) is 5.40. The van der Waals surface area contributed by atoms with Crippen LogP contribution in [0.5, 0.6) is 0 Å². The van der Waals surface area contributed by atoms with Crippen molar-refractivity contribution in [3.63, 3.8) is 0 Å². The van der Waals surface area contributed by atoms with Crippen molar-refractivity contribution >= 4 is 11.4 Å². The van der Waals surface area contributed by atoms with Gasteiger partial charge in [-0.1, -0.05) is 67.6 Å². The van der Waals surface area contributed by atoms with Crippen molar-refractivity contribution in [1.82, 2.24) is 4.98 Å². The van der Waals surface area contributed by atoms with Crippen molar-refractivity contribution in [1.29, 1.82) is 0 Å². The normalized spacial score (nSPS) is 11.4. The third-order valence-corrected chi connectivity index (χ3v) is 3.80. The molecule has 0 amide bonds. The minimum absolute atomic E-state index is 0.125. The van der Waals surface area contributed by atoms with Crippen LogP contribution in [0.1, 0.15) is 24.6 Å². The molecule has 0 fully saturated rings. The maximum atomic E-state index is 12.0. The van der Waals surface area contributed by atoms with Gasteiger partial charge in [0.05, 0.1) is 0 Å². The molecule has 0 radical (unpaired) electrons. The van der Waals surface area contributed by atoms with E-state index in [2.05, 4.69) is 23.2 Å². The van der Waals surface area contributed by atoms with E-state index in [0.29, 0.717) is 6.42 Å². The van der Waals surface area contributed by atoms with Gasteiger partial charge in [0.15, 0.2) is 5.78 Å². The van der Waals surface area contributed by atoms with E-state index in [4.69, 9.17) is 0 Å². The van der Waals surface area contributed by atoms with Crippen molar-refractivity contribution in [3.8, 4) is 11.3 Å². The highest BCUT2D eigenvalue weighted by molar-refractivity contribution is 6.00. The van der Waals surface area contributed by atoms with Crippen LogP contribution in [0.3, 0.4) is 0 Å². The summed E-state index contributed by atoms with van der Waals surface area (Å²) in [5.41, 5.74) is 5.10. The molecule has 114 valence electrons. The van der Waals surface area contributed by atoms with Crippen LogP contribution in [0.2, 0.25) is 0 Å². The highest BCUT2D eigenvalue weighted by atomic mass is 16.1. The minimum atomic E-state index is 0.125. The molecule has 0 aliphatic carbocycles. The zero-order valence-corrected chi connectivity index (χ0v) is 13.1. The lowest BCUT2D eigenvalue weighted by atomic mass is 10.0. The molecule has 2 nitrogen and oxygen atoms in total. The van der Waals surface area contributed by atoms with Gasteiger partial charge in [0.25, 0.3) is 0 Å². The number of aromatic nitrogens is 1. The number of rotatable bonds is 5. The Bertz CT molecular complexity index is 813. The summed E-state index contributed by atoms with van der Waals surface area (Å²) in [6.45, 7) is 1.88. The smallest absolute Gasteiger partial charge is 0.156 e. The summed E-state index contributed by atoms with van der Waals surface area (Å²) >= 11 is 0. The molecule has 1 heterocycles. The van der Waals surface area contributed by atoms with Gasteiger partial charge in [-0.15, -0.1) is 0 Å². The number of carbonyl (C=O) groups is 1. The number of nitrogens with one attached hydrogen (secondary N) is 1. The van der Waals surface area contributed by atoms with E-state index in [9.17, 15) is 4.79 Å². The summed E-state index contributed by atoms with van der Waals surface area (Å²) in [7, 11) is 0. The van der Waals surface area contributed by atoms with Crippen LogP contribution in [0.25, 0.3) is 16.8 Å². The number of aromatic amines is 1. The first kappa shape index (κ1) is 15.0. The molecule has 0 bridgehead atoms. The lowest BCUT2D eigenvalue weighted by Gasteiger charge is -2.06. The summed E-state index contributed by atoms with van der Waals surface area (Å²) < 4.78 is 0. The van der Waals surface area contributed by atoms with Gasteiger partial charge in [-0.2, -0.15) is 0 Å². The van der Waals surface area contributed by atoms with E-state index in [0.717, 1.165) is 28.1 Å². The maximum Gasteiger partial charge on any atom is 0.156 e. The highest BCUT2D eigenvalue weighted by Gasteiger charge is 2.10. The van der Waals surface area contributed by atoms with Crippen molar-refractivity contribution < 1.29 is 4.79 Å². The number of benzene rings is 2. The van der Waals surface area contributed by atoms with Crippen LogP contribution in [-0.4, -0.2) is 10.8 Å². The molecule has 0 aliphatic rings. The number of allylic oxidation sites excluding steroid dienone is 1. The predicted octanol–water partition coefficient (Wildman–Crippen LogP) is 5.09. The van der Waals surface area contributed by atoms with Gasteiger partial charge in [0, 0.05) is 23.4 Å². The van der Waals surface area contributed by atoms with Crippen LogP contribution in [0.15, 0.2) is 78.9 Å². The first-order valence-corrected chi connectivity index (χ1v) is 7.82. The lowest BCUT2D eigenvalue weighted by Crippen LogP contribution is -1.95. The van der Waals surface area contributed by atoms with E-state index in [1.165, 1.54) is 0 Å². The van der Waals surface area contributed by atoms with Gasteiger partial charge in [0.2, 0.25) is 0 Å². The number of hydrogen-bond acceptors (Lipinski definition) is 1. The molecule has 0 spiro atoms. The van der Waals surface area contributed by atoms with E-state index in [1.54, 1.807) is 6.08 Å². The molecule has 0 saturated heterocycles. The maximum absolute atomic E-state index is 12.0. The summed E-state index contributed by atoms with van der Waals surface area (Å²) in [5.74, 6) is 0.125. The monoisotopic (exact) mass is 301 g/mol. The van der Waals surface area contributed by atoms with Gasteiger partial charge in [-0.25, -0.2) is 0 Å². The Morgan fingerprint density at radius 1 is 0.913 bits per heavy atom. The van der Waals surface area contributed by atoms with E-state index in [1.807, 2.05) is 61.5 Å².